The van der Waals surface area contributed by atoms with Crippen LogP contribution in [0.25, 0.3) is 0 Å². The van der Waals surface area contributed by atoms with Gasteiger partial charge < -0.3 is 15.2 Å². The number of carbonyl (C=O) groups is 1. The molecule has 30 heavy (non-hydrogen) atoms. The van der Waals surface area contributed by atoms with E-state index in [1.165, 1.54) is 18.2 Å². The first kappa shape index (κ1) is 21.1. The number of nitro benzene ring substituents is 1. The highest BCUT2D eigenvalue weighted by Crippen LogP contribution is 2.52. The largest absolute Gasteiger partial charge is 0.472 e. The molecule has 0 saturated heterocycles. The second kappa shape index (κ2) is 8.04. The van der Waals surface area contributed by atoms with Gasteiger partial charge in [-0.3, -0.25) is 14.9 Å². The van der Waals surface area contributed by atoms with Gasteiger partial charge in [-0.25, -0.2) is 8.78 Å². The van der Waals surface area contributed by atoms with Gasteiger partial charge in [0.2, 0.25) is 5.60 Å². The summed E-state index contributed by atoms with van der Waals surface area (Å²) < 4.78 is 40.9. The van der Waals surface area contributed by atoms with Crippen molar-refractivity contribution in [1.82, 2.24) is 0 Å². The summed E-state index contributed by atoms with van der Waals surface area (Å²) in [4.78, 5) is 22.9. The van der Waals surface area contributed by atoms with E-state index in [1.807, 2.05) is 0 Å². The molecule has 0 fully saturated rings. The Kier molecular flexibility index (Phi) is 5.67. The second-order valence-electron chi connectivity index (χ2n) is 6.81. The number of nitriles is 1. The van der Waals surface area contributed by atoms with Crippen molar-refractivity contribution in [2.45, 2.75) is 23.9 Å². The normalized spacial score (nSPS) is 20.5. The second-order valence-corrected chi connectivity index (χ2v) is 6.81. The van der Waals surface area contributed by atoms with Crippen LogP contribution in [0.2, 0.25) is 0 Å². The molecule has 2 N–H and O–H groups in total. The molecule has 1 aliphatic heterocycles. The summed E-state index contributed by atoms with van der Waals surface area (Å²) in [6.07, 6.45) is -0.566. The number of hydrogen-bond donors (Lipinski definition) is 1. The number of alkyl halides is 2. The minimum Gasteiger partial charge on any atom is -0.472 e. The summed E-state index contributed by atoms with van der Waals surface area (Å²) in [5, 5.41) is 19.7. The third kappa shape index (κ3) is 3.79. The van der Waals surface area contributed by atoms with Crippen LogP contribution >= 0.6 is 0 Å². The summed E-state index contributed by atoms with van der Waals surface area (Å²) in [5.74, 6) is -6.34. The number of halogens is 2. The van der Waals surface area contributed by atoms with Crippen LogP contribution in [0.3, 0.4) is 0 Å². The number of amides is 1. The van der Waals surface area contributed by atoms with E-state index in [-0.39, 0.29) is 16.9 Å². The summed E-state index contributed by atoms with van der Waals surface area (Å²) in [7, 11) is 0. The van der Waals surface area contributed by atoms with Gasteiger partial charge in [0.1, 0.15) is 19.0 Å². The molecule has 10 heteroatoms. The number of benzene rings is 2. The average Bonchev–Trinajstić information content (AvgIpc) is 2.73. The maximum Gasteiger partial charge on any atom is 0.278 e. The Morgan fingerprint density at radius 2 is 2.07 bits per heavy atom. The van der Waals surface area contributed by atoms with E-state index in [2.05, 4.69) is 0 Å². The number of ether oxygens (including phenoxy) is 2. The van der Waals surface area contributed by atoms with Crippen molar-refractivity contribution >= 4 is 11.6 Å². The molecule has 0 aliphatic carbocycles. The Morgan fingerprint density at radius 3 is 2.67 bits per heavy atom. The van der Waals surface area contributed by atoms with E-state index in [4.69, 9.17) is 20.5 Å². The fraction of sp³-hybridized carbons (Fsp3) is 0.300. The number of hydrogen-bond acceptors (Lipinski definition) is 6. The molecule has 2 unspecified atom stereocenters. The highest BCUT2D eigenvalue weighted by atomic mass is 19.3. The lowest BCUT2D eigenvalue weighted by Gasteiger charge is -2.42. The van der Waals surface area contributed by atoms with Crippen LogP contribution in [-0.4, -0.2) is 30.0 Å². The number of non-ortho nitro benzene ring substituents is 1. The van der Waals surface area contributed by atoms with Gasteiger partial charge in [-0.2, -0.15) is 5.26 Å². The van der Waals surface area contributed by atoms with Crippen LogP contribution in [0.5, 0.6) is 5.75 Å². The van der Waals surface area contributed by atoms with Gasteiger partial charge in [0, 0.05) is 29.7 Å². The highest BCUT2D eigenvalue weighted by Gasteiger charge is 2.55. The minimum absolute atomic E-state index is 0.112. The molecule has 0 saturated carbocycles. The van der Waals surface area contributed by atoms with Gasteiger partial charge in [-0.1, -0.05) is 30.3 Å². The van der Waals surface area contributed by atoms with Crippen molar-refractivity contribution in [2.24, 2.45) is 5.73 Å². The Hall–Kier alpha value is -3.58. The van der Waals surface area contributed by atoms with E-state index in [1.54, 1.807) is 24.3 Å². The number of nitro groups is 1. The number of nitrogens with zero attached hydrogens (tertiary/aromatic N) is 2. The monoisotopic (exact) mass is 417 g/mol. The molecule has 1 heterocycles. The molecule has 0 spiro atoms. The molecule has 0 bridgehead atoms. The van der Waals surface area contributed by atoms with Crippen LogP contribution in [-0.2, 0) is 15.1 Å². The first-order valence-electron chi connectivity index (χ1n) is 8.86. The Labute approximate surface area is 170 Å². The smallest absolute Gasteiger partial charge is 0.278 e. The molecular formula is C20H17F2N3O5. The van der Waals surface area contributed by atoms with Crippen LogP contribution in [0.1, 0.15) is 23.5 Å². The summed E-state index contributed by atoms with van der Waals surface area (Å²) in [5.41, 5.74) is 3.44. The highest BCUT2D eigenvalue weighted by molar-refractivity contribution is 5.86. The van der Waals surface area contributed by atoms with Crippen molar-refractivity contribution in [3.8, 4) is 11.8 Å². The van der Waals surface area contributed by atoms with E-state index in [9.17, 15) is 14.9 Å². The minimum atomic E-state index is -3.57. The molecular weight excluding hydrogens is 400 g/mol. The summed E-state index contributed by atoms with van der Waals surface area (Å²) in [6.45, 7) is -1.67. The predicted octanol–water partition coefficient (Wildman–Crippen LogP) is 3.02. The molecule has 1 aliphatic rings. The lowest BCUT2D eigenvalue weighted by Crippen LogP contribution is -2.52. The molecule has 0 aromatic heterocycles. The molecule has 2 aromatic carbocycles. The first-order chi connectivity index (χ1) is 14.2. The Bertz CT molecular complexity index is 1010. The van der Waals surface area contributed by atoms with Gasteiger partial charge in [0.05, 0.1) is 16.9 Å². The fourth-order valence-corrected chi connectivity index (χ4v) is 3.53. The average molecular weight is 417 g/mol. The number of carbonyl (C=O) groups excluding carboxylic acids is 1. The predicted molar refractivity (Wildman–Crippen MR) is 99.8 cm³/mol. The first-order valence-corrected chi connectivity index (χ1v) is 8.86. The van der Waals surface area contributed by atoms with Crippen LogP contribution < -0.4 is 10.5 Å². The SMILES string of the molecule is N#CCOCC(F)(F)C1CC(C(N)=O)(c2ccccc2)Oc2ccc([N+](=O)[O-])cc21. The number of rotatable bonds is 7. The lowest BCUT2D eigenvalue weighted by atomic mass is 9.75. The van der Waals surface area contributed by atoms with Gasteiger partial charge >= 0.3 is 0 Å². The van der Waals surface area contributed by atoms with Crippen molar-refractivity contribution in [3.63, 3.8) is 0 Å². The zero-order valence-corrected chi connectivity index (χ0v) is 15.6. The van der Waals surface area contributed by atoms with E-state index in [0.29, 0.717) is 0 Å². The van der Waals surface area contributed by atoms with Crippen molar-refractivity contribution < 1.29 is 28.0 Å². The standard InChI is InChI=1S/C20H17F2N3O5/c21-20(22,12-29-9-8-23)16-11-19(18(24)26,13-4-2-1-3-5-13)30-17-7-6-14(25(27)28)10-15(16)17/h1-7,10,16H,9,11-12H2,(H2,24,26). The zero-order valence-electron chi connectivity index (χ0n) is 15.6. The quantitative estimate of drug-likeness (QED) is 0.419. The molecule has 156 valence electrons. The zero-order chi connectivity index (χ0) is 21.9. The van der Waals surface area contributed by atoms with Gasteiger partial charge in [-0.15, -0.1) is 0 Å². The Morgan fingerprint density at radius 1 is 1.37 bits per heavy atom. The van der Waals surface area contributed by atoms with E-state index < -0.39 is 53.6 Å². The third-order valence-corrected chi connectivity index (χ3v) is 4.96. The van der Waals surface area contributed by atoms with Crippen molar-refractivity contribution in [3.05, 3.63) is 69.8 Å². The van der Waals surface area contributed by atoms with Crippen LogP contribution in [0.15, 0.2) is 48.5 Å². The van der Waals surface area contributed by atoms with Crippen molar-refractivity contribution in [1.29, 1.82) is 5.26 Å². The molecule has 3 rings (SSSR count). The number of fused-ring (bicyclic) bond motifs is 1. The van der Waals surface area contributed by atoms with E-state index in [0.717, 1.165) is 12.1 Å². The fourth-order valence-electron chi connectivity index (χ4n) is 3.53. The maximum atomic E-state index is 15.2. The molecule has 2 atom stereocenters. The van der Waals surface area contributed by atoms with Crippen molar-refractivity contribution in [2.75, 3.05) is 13.2 Å². The topological polar surface area (TPSA) is 128 Å². The summed E-state index contributed by atoms with van der Waals surface area (Å²) in [6, 6.07) is 12.8. The van der Waals surface area contributed by atoms with E-state index >= 15 is 8.78 Å². The van der Waals surface area contributed by atoms with Gasteiger partial charge in [0.25, 0.3) is 17.5 Å². The number of nitrogens with two attached hydrogens (primary N) is 1. The van der Waals surface area contributed by atoms with Gasteiger partial charge in [0.15, 0.2) is 0 Å². The third-order valence-electron chi connectivity index (χ3n) is 4.96. The summed E-state index contributed by atoms with van der Waals surface area (Å²) >= 11 is 0. The molecule has 1 amide bonds. The molecule has 2 aromatic rings. The molecule has 0 radical (unpaired) electrons. The number of primary amides is 1. The van der Waals surface area contributed by atoms with Gasteiger partial charge in [-0.05, 0) is 6.07 Å². The molecule has 8 nitrogen and oxygen atoms in total. The van der Waals surface area contributed by atoms with Crippen LogP contribution in [0.4, 0.5) is 14.5 Å². The van der Waals surface area contributed by atoms with Crippen LogP contribution in [0, 0.1) is 21.4 Å². The Balaban J connectivity index is 2.16. The lowest BCUT2D eigenvalue weighted by molar-refractivity contribution is -0.385. The maximum absolute atomic E-state index is 15.2.